The maximum Gasteiger partial charge on any atom is 0.110 e. The predicted molar refractivity (Wildman–Crippen MR) is 55.5 cm³/mol. The highest BCUT2D eigenvalue weighted by atomic mass is 79.9. The van der Waals surface area contributed by atoms with E-state index in [1.165, 1.54) is 0 Å². The smallest absolute Gasteiger partial charge is 0.110 e. The zero-order valence-electron chi connectivity index (χ0n) is 7.71. The Kier molecular flexibility index (Phi) is 3.11. The highest BCUT2D eigenvalue weighted by molar-refractivity contribution is 9.10. The first-order valence-electron chi connectivity index (χ1n) is 4.06. The normalized spacial score (nSPS) is 15.5. The van der Waals surface area contributed by atoms with Crippen LogP contribution in [0, 0.1) is 6.92 Å². The molecule has 0 aromatic heterocycles. The molecule has 0 bridgehead atoms. The molecule has 0 radical (unpaired) electrons. The Labute approximate surface area is 86.3 Å². The second kappa shape index (κ2) is 3.78. The second-order valence-corrected chi connectivity index (χ2v) is 4.36. The minimum atomic E-state index is -1.16. The van der Waals surface area contributed by atoms with Gasteiger partial charge >= 0.3 is 0 Å². The van der Waals surface area contributed by atoms with E-state index in [2.05, 4.69) is 15.9 Å². The number of halogens is 1. The van der Waals surface area contributed by atoms with Gasteiger partial charge in [0.15, 0.2) is 0 Å². The molecule has 0 saturated heterocycles. The molecular formula is C10H13BrO2. The Morgan fingerprint density at radius 1 is 1.38 bits per heavy atom. The van der Waals surface area contributed by atoms with E-state index >= 15 is 0 Å². The molecule has 0 aliphatic rings. The molecule has 0 heterocycles. The summed E-state index contributed by atoms with van der Waals surface area (Å²) in [5.74, 6) is 0. The first-order chi connectivity index (χ1) is 5.95. The Balaban J connectivity index is 3.15. The Morgan fingerprint density at radius 3 is 2.46 bits per heavy atom. The monoisotopic (exact) mass is 244 g/mol. The largest absolute Gasteiger partial charge is 0.393 e. The highest BCUT2D eigenvalue weighted by Gasteiger charge is 2.22. The fraction of sp³-hybridized carbons (Fsp3) is 0.400. The molecule has 0 spiro atoms. The van der Waals surface area contributed by atoms with E-state index in [0.717, 1.165) is 15.6 Å². The molecular weight excluding hydrogens is 232 g/mol. The minimum absolute atomic E-state index is 0.275. The fourth-order valence-electron chi connectivity index (χ4n) is 1.14. The Bertz CT molecular complexity index is 288. The molecule has 0 aliphatic carbocycles. The van der Waals surface area contributed by atoms with Crippen molar-refractivity contribution in [1.82, 2.24) is 0 Å². The average Bonchev–Trinajstić information content (AvgIpc) is 2.02. The molecule has 1 aromatic carbocycles. The van der Waals surface area contributed by atoms with Crippen molar-refractivity contribution >= 4 is 15.9 Å². The third kappa shape index (κ3) is 2.53. The summed E-state index contributed by atoms with van der Waals surface area (Å²) in [7, 11) is 0. The second-order valence-electron chi connectivity index (χ2n) is 3.45. The van der Waals surface area contributed by atoms with Crippen LogP contribution in [0.25, 0.3) is 0 Å². The summed E-state index contributed by atoms with van der Waals surface area (Å²) in [5, 5.41) is 18.7. The zero-order valence-corrected chi connectivity index (χ0v) is 9.30. The van der Waals surface area contributed by atoms with Crippen LogP contribution in [0.2, 0.25) is 0 Å². The SMILES string of the molecule is Cc1cc(Br)cc(C(C)(O)CO)c1. The number of hydrogen-bond donors (Lipinski definition) is 2. The van der Waals surface area contributed by atoms with Gasteiger partial charge in [0.25, 0.3) is 0 Å². The molecule has 1 unspecified atom stereocenters. The molecule has 3 heteroatoms. The van der Waals surface area contributed by atoms with Crippen LogP contribution in [0.4, 0.5) is 0 Å². The van der Waals surface area contributed by atoms with Gasteiger partial charge < -0.3 is 10.2 Å². The number of aryl methyl sites for hydroxylation is 1. The van der Waals surface area contributed by atoms with Gasteiger partial charge in [-0.25, -0.2) is 0 Å². The quantitative estimate of drug-likeness (QED) is 0.836. The Hall–Kier alpha value is -0.380. The van der Waals surface area contributed by atoms with Gasteiger partial charge in [0, 0.05) is 4.47 Å². The third-order valence-electron chi connectivity index (χ3n) is 1.97. The predicted octanol–water partition coefficient (Wildman–Crippen LogP) is 1.96. The lowest BCUT2D eigenvalue weighted by molar-refractivity contribution is -0.00236. The molecule has 1 aromatic rings. The number of aliphatic hydroxyl groups is 2. The van der Waals surface area contributed by atoms with Crippen molar-refractivity contribution in [2.75, 3.05) is 6.61 Å². The van der Waals surface area contributed by atoms with Gasteiger partial charge in [0.2, 0.25) is 0 Å². The van der Waals surface area contributed by atoms with E-state index in [0.29, 0.717) is 0 Å². The molecule has 0 amide bonds. The molecule has 13 heavy (non-hydrogen) atoms. The molecule has 2 N–H and O–H groups in total. The van der Waals surface area contributed by atoms with E-state index in [1.54, 1.807) is 6.92 Å². The molecule has 0 fully saturated rings. The first-order valence-corrected chi connectivity index (χ1v) is 4.86. The van der Waals surface area contributed by atoms with Crippen LogP contribution in [0.3, 0.4) is 0 Å². The zero-order chi connectivity index (χ0) is 10.1. The van der Waals surface area contributed by atoms with Crippen molar-refractivity contribution in [1.29, 1.82) is 0 Å². The van der Waals surface area contributed by atoms with Crippen molar-refractivity contribution in [3.8, 4) is 0 Å². The summed E-state index contributed by atoms with van der Waals surface area (Å²) in [6.45, 7) is 3.26. The van der Waals surface area contributed by atoms with E-state index in [4.69, 9.17) is 5.11 Å². The van der Waals surface area contributed by atoms with Crippen molar-refractivity contribution in [2.45, 2.75) is 19.4 Å². The number of hydrogen-bond acceptors (Lipinski definition) is 2. The van der Waals surface area contributed by atoms with Crippen LogP contribution in [0.1, 0.15) is 18.1 Å². The van der Waals surface area contributed by atoms with Crippen LogP contribution in [-0.2, 0) is 5.60 Å². The van der Waals surface area contributed by atoms with Crippen molar-refractivity contribution in [3.05, 3.63) is 33.8 Å². The van der Waals surface area contributed by atoms with E-state index in [9.17, 15) is 5.11 Å². The lowest BCUT2D eigenvalue weighted by Gasteiger charge is -2.21. The summed E-state index contributed by atoms with van der Waals surface area (Å²) < 4.78 is 0.913. The molecule has 1 rings (SSSR count). The minimum Gasteiger partial charge on any atom is -0.393 e. The lowest BCUT2D eigenvalue weighted by atomic mass is 9.96. The van der Waals surface area contributed by atoms with Crippen molar-refractivity contribution < 1.29 is 10.2 Å². The van der Waals surface area contributed by atoms with Gasteiger partial charge in [-0.2, -0.15) is 0 Å². The topological polar surface area (TPSA) is 40.5 Å². The van der Waals surface area contributed by atoms with E-state index in [1.807, 2.05) is 25.1 Å². The maximum atomic E-state index is 9.77. The lowest BCUT2D eigenvalue weighted by Crippen LogP contribution is -2.25. The van der Waals surface area contributed by atoms with Gasteiger partial charge in [-0.05, 0) is 37.1 Å². The van der Waals surface area contributed by atoms with Crippen LogP contribution >= 0.6 is 15.9 Å². The van der Waals surface area contributed by atoms with Crippen molar-refractivity contribution in [3.63, 3.8) is 0 Å². The number of benzene rings is 1. The molecule has 1 atom stereocenters. The van der Waals surface area contributed by atoms with Gasteiger partial charge in [-0.15, -0.1) is 0 Å². The number of aliphatic hydroxyl groups excluding tert-OH is 1. The maximum absolute atomic E-state index is 9.77. The fourth-order valence-corrected chi connectivity index (χ4v) is 1.75. The van der Waals surface area contributed by atoms with Gasteiger partial charge in [-0.3, -0.25) is 0 Å². The summed E-state index contributed by atoms with van der Waals surface area (Å²) >= 11 is 3.34. The van der Waals surface area contributed by atoms with Crippen molar-refractivity contribution in [2.24, 2.45) is 0 Å². The standard InChI is InChI=1S/C10H13BrO2/c1-7-3-8(5-9(11)4-7)10(2,13)6-12/h3-5,12-13H,6H2,1-2H3. The van der Waals surface area contributed by atoms with Gasteiger partial charge in [-0.1, -0.05) is 22.0 Å². The van der Waals surface area contributed by atoms with Crippen LogP contribution < -0.4 is 0 Å². The summed E-state index contributed by atoms with van der Waals surface area (Å²) in [6.07, 6.45) is 0. The first kappa shape index (κ1) is 10.7. The highest BCUT2D eigenvalue weighted by Crippen LogP contribution is 2.24. The number of rotatable bonds is 2. The summed E-state index contributed by atoms with van der Waals surface area (Å²) in [5.41, 5.74) is 0.620. The van der Waals surface area contributed by atoms with Crippen LogP contribution in [-0.4, -0.2) is 16.8 Å². The van der Waals surface area contributed by atoms with Gasteiger partial charge in [0.05, 0.1) is 6.61 Å². The van der Waals surface area contributed by atoms with Crippen LogP contribution in [0.5, 0.6) is 0 Å². The summed E-state index contributed by atoms with van der Waals surface area (Å²) in [4.78, 5) is 0. The van der Waals surface area contributed by atoms with Gasteiger partial charge in [0.1, 0.15) is 5.60 Å². The molecule has 72 valence electrons. The summed E-state index contributed by atoms with van der Waals surface area (Å²) in [6, 6.07) is 5.63. The van der Waals surface area contributed by atoms with Crippen LogP contribution in [0.15, 0.2) is 22.7 Å². The average molecular weight is 245 g/mol. The molecule has 2 nitrogen and oxygen atoms in total. The Morgan fingerprint density at radius 2 is 2.00 bits per heavy atom. The van der Waals surface area contributed by atoms with E-state index < -0.39 is 5.60 Å². The van der Waals surface area contributed by atoms with E-state index in [-0.39, 0.29) is 6.61 Å². The molecule has 0 saturated carbocycles. The third-order valence-corrected chi connectivity index (χ3v) is 2.43. The molecule has 0 aliphatic heterocycles.